The Morgan fingerprint density at radius 2 is 1.85 bits per heavy atom. The molecule has 0 N–H and O–H groups in total. The Bertz CT molecular complexity index is 463. The van der Waals surface area contributed by atoms with E-state index in [0.29, 0.717) is 13.0 Å². The van der Waals surface area contributed by atoms with Crippen LogP contribution in [0, 0.1) is 0 Å². The molecule has 1 aromatic rings. The Morgan fingerprint density at radius 3 is 2.45 bits per heavy atom. The summed E-state index contributed by atoms with van der Waals surface area (Å²) in [5, 5.41) is 0. The zero-order valence-corrected chi connectivity index (χ0v) is 11.9. The molecule has 0 atom stereocenters. The van der Waals surface area contributed by atoms with Gasteiger partial charge in [0.2, 0.25) is 0 Å². The first kappa shape index (κ1) is 16.0. The Labute approximate surface area is 119 Å². The van der Waals surface area contributed by atoms with Gasteiger partial charge in [-0.25, -0.2) is 4.79 Å². The smallest absolute Gasteiger partial charge is 0.330 e. The second kappa shape index (κ2) is 8.91. The van der Waals surface area contributed by atoms with Gasteiger partial charge in [-0.2, -0.15) is 0 Å². The number of rotatable bonds is 7. The maximum atomic E-state index is 11.5. The number of methoxy groups -OCH3 is 1. The number of benzene rings is 1. The molecule has 0 saturated carbocycles. The summed E-state index contributed by atoms with van der Waals surface area (Å²) < 4.78 is 9.67. The maximum absolute atomic E-state index is 11.5. The molecular weight excluding hydrogens is 256 g/mol. The molecule has 0 unspecified atom stereocenters. The van der Waals surface area contributed by atoms with Crippen molar-refractivity contribution < 1.29 is 19.1 Å². The first-order chi connectivity index (χ1) is 9.67. The van der Waals surface area contributed by atoms with Gasteiger partial charge in [-0.3, -0.25) is 4.79 Å². The summed E-state index contributed by atoms with van der Waals surface area (Å²) in [5.74, 6) is -0.677. The van der Waals surface area contributed by atoms with Crippen LogP contribution in [0.1, 0.15) is 31.7 Å². The quantitative estimate of drug-likeness (QED) is 0.567. The van der Waals surface area contributed by atoms with Crippen LogP contribution in [0.25, 0.3) is 5.57 Å². The van der Waals surface area contributed by atoms with Crippen LogP contribution in [-0.4, -0.2) is 25.7 Å². The van der Waals surface area contributed by atoms with Crippen LogP contribution in [0.5, 0.6) is 0 Å². The normalized spacial score (nSPS) is 11.0. The van der Waals surface area contributed by atoms with Crippen LogP contribution < -0.4 is 0 Å². The second-order valence-corrected chi connectivity index (χ2v) is 4.28. The summed E-state index contributed by atoms with van der Waals surface area (Å²) in [7, 11) is 1.33. The van der Waals surface area contributed by atoms with Crippen molar-refractivity contribution >= 4 is 17.5 Å². The highest BCUT2D eigenvalue weighted by Gasteiger charge is 2.09. The molecule has 0 radical (unpaired) electrons. The van der Waals surface area contributed by atoms with E-state index in [1.165, 1.54) is 13.2 Å². The van der Waals surface area contributed by atoms with Crippen LogP contribution in [0.2, 0.25) is 0 Å². The molecule has 4 nitrogen and oxygen atoms in total. The van der Waals surface area contributed by atoms with Crippen LogP contribution in [-0.2, 0) is 19.1 Å². The lowest BCUT2D eigenvalue weighted by Crippen LogP contribution is -2.06. The first-order valence-electron chi connectivity index (χ1n) is 6.67. The molecular formula is C16H20O4. The molecule has 0 bridgehead atoms. The van der Waals surface area contributed by atoms with Gasteiger partial charge in [-0.15, -0.1) is 0 Å². The SMILES string of the molecule is CCCOC(=O)CC/C(=C/C(=O)OC)c1ccccc1. The standard InChI is InChI=1S/C16H20O4/c1-3-11-20-15(17)10-9-14(12-16(18)19-2)13-7-5-4-6-8-13/h4-8,12H,3,9-11H2,1-2H3/b14-12-. The van der Waals surface area contributed by atoms with Gasteiger partial charge in [-0.1, -0.05) is 37.3 Å². The predicted octanol–water partition coefficient (Wildman–Crippen LogP) is 2.98. The van der Waals surface area contributed by atoms with E-state index in [4.69, 9.17) is 4.74 Å². The van der Waals surface area contributed by atoms with Gasteiger partial charge in [0, 0.05) is 12.5 Å². The van der Waals surface area contributed by atoms with Gasteiger partial charge in [0.1, 0.15) is 0 Å². The number of hydrogen-bond donors (Lipinski definition) is 0. The third-order valence-electron chi connectivity index (χ3n) is 2.70. The zero-order chi connectivity index (χ0) is 14.8. The monoisotopic (exact) mass is 276 g/mol. The molecule has 1 rings (SSSR count). The molecule has 0 heterocycles. The average Bonchev–Trinajstić information content (AvgIpc) is 2.49. The van der Waals surface area contributed by atoms with Crippen LogP contribution in [0.4, 0.5) is 0 Å². The maximum Gasteiger partial charge on any atom is 0.330 e. The molecule has 0 aromatic heterocycles. The fourth-order valence-corrected chi connectivity index (χ4v) is 1.68. The van der Waals surface area contributed by atoms with E-state index < -0.39 is 5.97 Å². The van der Waals surface area contributed by atoms with Crippen molar-refractivity contribution in [3.63, 3.8) is 0 Å². The zero-order valence-electron chi connectivity index (χ0n) is 11.9. The van der Waals surface area contributed by atoms with E-state index in [9.17, 15) is 9.59 Å². The molecule has 0 saturated heterocycles. The number of ether oxygens (including phenoxy) is 2. The molecule has 4 heteroatoms. The van der Waals surface area contributed by atoms with Crippen molar-refractivity contribution in [1.82, 2.24) is 0 Å². The fraction of sp³-hybridized carbons (Fsp3) is 0.375. The summed E-state index contributed by atoms with van der Waals surface area (Å²) in [4.78, 5) is 22.9. The molecule has 0 aliphatic carbocycles. The highest BCUT2D eigenvalue weighted by molar-refractivity contribution is 5.91. The molecule has 0 amide bonds. The molecule has 108 valence electrons. The van der Waals surface area contributed by atoms with Crippen molar-refractivity contribution in [2.75, 3.05) is 13.7 Å². The lowest BCUT2D eigenvalue weighted by molar-refractivity contribution is -0.143. The molecule has 0 aliphatic heterocycles. The van der Waals surface area contributed by atoms with E-state index in [0.717, 1.165) is 17.6 Å². The molecule has 0 fully saturated rings. The topological polar surface area (TPSA) is 52.6 Å². The largest absolute Gasteiger partial charge is 0.466 e. The molecule has 20 heavy (non-hydrogen) atoms. The molecule has 1 aromatic carbocycles. The Morgan fingerprint density at radius 1 is 1.15 bits per heavy atom. The van der Waals surface area contributed by atoms with Crippen molar-refractivity contribution in [3.8, 4) is 0 Å². The van der Waals surface area contributed by atoms with Gasteiger partial charge < -0.3 is 9.47 Å². The number of hydrogen-bond acceptors (Lipinski definition) is 4. The highest BCUT2D eigenvalue weighted by atomic mass is 16.5. The Kier molecular flexibility index (Phi) is 7.11. The van der Waals surface area contributed by atoms with Crippen LogP contribution in [0.3, 0.4) is 0 Å². The van der Waals surface area contributed by atoms with E-state index in [-0.39, 0.29) is 12.4 Å². The van der Waals surface area contributed by atoms with Crippen LogP contribution in [0.15, 0.2) is 36.4 Å². The third kappa shape index (κ3) is 5.69. The van der Waals surface area contributed by atoms with E-state index >= 15 is 0 Å². The minimum Gasteiger partial charge on any atom is -0.466 e. The minimum atomic E-state index is -0.425. The van der Waals surface area contributed by atoms with Gasteiger partial charge >= 0.3 is 11.9 Å². The van der Waals surface area contributed by atoms with Crippen LogP contribution >= 0.6 is 0 Å². The Hall–Kier alpha value is -2.10. The summed E-state index contributed by atoms with van der Waals surface area (Å²) in [6.07, 6.45) is 2.91. The summed E-state index contributed by atoms with van der Waals surface area (Å²) in [6, 6.07) is 9.46. The summed E-state index contributed by atoms with van der Waals surface area (Å²) >= 11 is 0. The van der Waals surface area contributed by atoms with E-state index in [1.807, 2.05) is 37.3 Å². The number of allylic oxidation sites excluding steroid dienone is 1. The summed E-state index contributed by atoms with van der Waals surface area (Å²) in [5.41, 5.74) is 1.67. The van der Waals surface area contributed by atoms with Crippen molar-refractivity contribution in [3.05, 3.63) is 42.0 Å². The van der Waals surface area contributed by atoms with Crippen molar-refractivity contribution in [2.24, 2.45) is 0 Å². The lowest BCUT2D eigenvalue weighted by Gasteiger charge is -2.08. The van der Waals surface area contributed by atoms with Gasteiger partial charge in [0.05, 0.1) is 13.7 Å². The van der Waals surface area contributed by atoms with Crippen molar-refractivity contribution in [1.29, 1.82) is 0 Å². The molecule has 0 spiro atoms. The third-order valence-corrected chi connectivity index (χ3v) is 2.70. The van der Waals surface area contributed by atoms with Gasteiger partial charge in [-0.05, 0) is 24.0 Å². The van der Waals surface area contributed by atoms with Crippen molar-refractivity contribution in [2.45, 2.75) is 26.2 Å². The number of esters is 2. The fourth-order valence-electron chi connectivity index (χ4n) is 1.68. The number of carbonyl (C=O) groups is 2. The van der Waals surface area contributed by atoms with E-state index in [2.05, 4.69) is 4.74 Å². The predicted molar refractivity (Wildman–Crippen MR) is 76.9 cm³/mol. The molecule has 0 aliphatic rings. The average molecular weight is 276 g/mol. The highest BCUT2D eigenvalue weighted by Crippen LogP contribution is 2.20. The summed E-state index contributed by atoms with van der Waals surface area (Å²) in [6.45, 7) is 2.38. The first-order valence-corrected chi connectivity index (χ1v) is 6.67. The van der Waals surface area contributed by atoms with Gasteiger partial charge in [0.25, 0.3) is 0 Å². The lowest BCUT2D eigenvalue weighted by atomic mass is 10.0. The van der Waals surface area contributed by atoms with E-state index in [1.54, 1.807) is 0 Å². The van der Waals surface area contributed by atoms with Gasteiger partial charge in [0.15, 0.2) is 0 Å². The number of carbonyl (C=O) groups excluding carboxylic acids is 2. The Balaban J connectivity index is 2.72. The second-order valence-electron chi connectivity index (χ2n) is 4.28. The minimum absolute atomic E-state index is 0.248.